The lowest BCUT2D eigenvalue weighted by molar-refractivity contribution is 0.0882. The van der Waals surface area contributed by atoms with Gasteiger partial charge in [-0.3, -0.25) is 4.79 Å². The SMILES string of the molecule is COc1cc2c(c(OC)c1Br)C(=O)C[C@@H]1CCN(C)C[C@@H]21.Cl. The van der Waals surface area contributed by atoms with Crippen molar-refractivity contribution in [3.63, 3.8) is 0 Å². The van der Waals surface area contributed by atoms with Crippen molar-refractivity contribution in [1.29, 1.82) is 0 Å². The first kappa shape index (κ1) is 17.6. The molecule has 0 unspecified atom stereocenters. The second kappa shape index (κ2) is 6.77. The van der Waals surface area contributed by atoms with E-state index in [0.29, 0.717) is 24.0 Å². The van der Waals surface area contributed by atoms with Crippen LogP contribution in [0.15, 0.2) is 10.5 Å². The molecule has 1 aromatic carbocycles. The molecule has 3 rings (SSSR count). The highest BCUT2D eigenvalue weighted by molar-refractivity contribution is 9.10. The summed E-state index contributed by atoms with van der Waals surface area (Å²) in [5, 5.41) is 0. The highest BCUT2D eigenvalue weighted by atomic mass is 79.9. The normalized spacial score (nSPS) is 24.1. The fourth-order valence-electron chi connectivity index (χ4n) is 3.65. The van der Waals surface area contributed by atoms with Crippen molar-refractivity contribution in [2.24, 2.45) is 5.92 Å². The van der Waals surface area contributed by atoms with Crippen LogP contribution < -0.4 is 9.47 Å². The number of likely N-dealkylation sites (tertiary alicyclic amines) is 1. The van der Waals surface area contributed by atoms with Gasteiger partial charge in [-0.25, -0.2) is 0 Å². The quantitative estimate of drug-likeness (QED) is 0.774. The smallest absolute Gasteiger partial charge is 0.167 e. The first-order valence-electron chi connectivity index (χ1n) is 7.23. The fourth-order valence-corrected chi connectivity index (χ4v) is 4.29. The molecule has 22 heavy (non-hydrogen) atoms. The van der Waals surface area contributed by atoms with E-state index < -0.39 is 0 Å². The van der Waals surface area contributed by atoms with E-state index in [9.17, 15) is 4.79 Å². The number of ether oxygens (including phenoxy) is 2. The molecule has 0 radical (unpaired) electrons. The maximum Gasteiger partial charge on any atom is 0.167 e. The average Bonchev–Trinajstić information content (AvgIpc) is 2.47. The van der Waals surface area contributed by atoms with Gasteiger partial charge in [-0.15, -0.1) is 12.4 Å². The minimum absolute atomic E-state index is 0. The zero-order valence-electron chi connectivity index (χ0n) is 13.0. The first-order chi connectivity index (χ1) is 10.1. The van der Waals surface area contributed by atoms with E-state index in [1.807, 2.05) is 6.07 Å². The molecule has 4 nitrogen and oxygen atoms in total. The molecule has 2 aliphatic rings. The molecule has 0 saturated carbocycles. The number of ketones is 1. The first-order valence-corrected chi connectivity index (χ1v) is 8.02. The molecule has 0 amide bonds. The molecule has 0 spiro atoms. The molecular weight excluding hydrogens is 370 g/mol. The van der Waals surface area contributed by atoms with Gasteiger partial charge in [0, 0.05) is 18.9 Å². The summed E-state index contributed by atoms with van der Waals surface area (Å²) in [6.45, 7) is 2.05. The van der Waals surface area contributed by atoms with Crippen LogP contribution in [0.25, 0.3) is 0 Å². The second-order valence-electron chi connectivity index (χ2n) is 5.94. The second-order valence-corrected chi connectivity index (χ2v) is 6.73. The Hall–Kier alpha value is -0.780. The number of carbonyl (C=O) groups is 1. The number of Topliss-reactive ketones (excluding diaryl/α,β-unsaturated/α-hetero) is 1. The maximum absolute atomic E-state index is 12.6. The third-order valence-electron chi connectivity index (χ3n) is 4.73. The largest absolute Gasteiger partial charge is 0.495 e. The van der Waals surface area contributed by atoms with Gasteiger partial charge in [0.2, 0.25) is 0 Å². The number of fused-ring (bicyclic) bond motifs is 3. The molecule has 1 aliphatic heterocycles. The van der Waals surface area contributed by atoms with E-state index in [2.05, 4.69) is 27.9 Å². The molecule has 1 saturated heterocycles. The molecule has 1 aliphatic carbocycles. The van der Waals surface area contributed by atoms with Crippen molar-refractivity contribution in [1.82, 2.24) is 4.90 Å². The third kappa shape index (κ3) is 2.74. The predicted molar refractivity (Wildman–Crippen MR) is 91.8 cm³/mol. The maximum atomic E-state index is 12.6. The number of halogens is 2. The molecule has 1 fully saturated rings. The van der Waals surface area contributed by atoms with E-state index in [-0.39, 0.29) is 18.2 Å². The summed E-state index contributed by atoms with van der Waals surface area (Å²) >= 11 is 3.50. The molecule has 6 heteroatoms. The Morgan fingerprint density at radius 2 is 2.05 bits per heavy atom. The number of piperidine rings is 1. The number of methoxy groups -OCH3 is 2. The monoisotopic (exact) mass is 389 g/mol. The molecule has 1 heterocycles. The minimum Gasteiger partial charge on any atom is -0.495 e. The van der Waals surface area contributed by atoms with Gasteiger partial charge in [0.15, 0.2) is 5.78 Å². The van der Waals surface area contributed by atoms with Gasteiger partial charge in [0.05, 0.1) is 19.8 Å². The lowest BCUT2D eigenvalue weighted by atomic mass is 9.71. The van der Waals surface area contributed by atoms with E-state index in [1.165, 1.54) is 0 Å². The van der Waals surface area contributed by atoms with Crippen molar-refractivity contribution in [3.05, 3.63) is 21.7 Å². The van der Waals surface area contributed by atoms with Gasteiger partial charge >= 0.3 is 0 Å². The summed E-state index contributed by atoms with van der Waals surface area (Å²) in [5.41, 5.74) is 1.82. The van der Waals surface area contributed by atoms with E-state index in [4.69, 9.17) is 9.47 Å². The number of hydrogen-bond donors (Lipinski definition) is 0. The summed E-state index contributed by atoms with van der Waals surface area (Å²) in [5.74, 6) is 2.36. The Labute approximate surface area is 145 Å². The molecule has 1 aromatic rings. The zero-order chi connectivity index (χ0) is 15.1. The highest BCUT2D eigenvalue weighted by Gasteiger charge is 2.40. The van der Waals surface area contributed by atoms with Gasteiger partial charge in [-0.1, -0.05) is 0 Å². The van der Waals surface area contributed by atoms with Gasteiger partial charge in [0.1, 0.15) is 16.0 Å². The summed E-state index contributed by atoms with van der Waals surface area (Å²) < 4.78 is 11.7. The summed E-state index contributed by atoms with van der Waals surface area (Å²) in [7, 11) is 5.38. The number of benzene rings is 1. The molecule has 0 bridgehead atoms. The van der Waals surface area contributed by atoms with E-state index in [1.54, 1.807) is 14.2 Å². The summed E-state index contributed by atoms with van der Waals surface area (Å²) in [6.07, 6.45) is 1.70. The van der Waals surface area contributed by atoms with Gasteiger partial charge in [0.25, 0.3) is 0 Å². The predicted octanol–water partition coefficient (Wildman–Crippen LogP) is 3.51. The number of nitrogens with zero attached hydrogens (tertiary/aromatic N) is 1. The molecule has 0 N–H and O–H groups in total. The van der Waals surface area contributed by atoms with Crippen molar-refractivity contribution in [3.8, 4) is 11.5 Å². The van der Waals surface area contributed by atoms with Crippen LogP contribution in [-0.4, -0.2) is 45.0 Å². The van der Waals surface area contributed by atoms with Crippen molar-refractivity contribution in [2.75, 3.05) is 34.4 Å². The molecule has 0 aromatic heterocycles. The van der Waals surface area contributed by atoms with Crippen molar-refractivity contribution < 1.29 is 14.3 Å². The summed E-state index contributed by atoms with van der Waals surface area (Å²) in [4.78, 5) is 14.9. The Morgan fingerprint density at radius 3 is 2.68 bits per heavy atom. The van der Waals surface area contributed by atoms with Gasteiger partial charge < -0.3 is 14.4 Å². The average molecular weight is 391 g/mol. The Kier molecular flexibility index (Phi) is 5.41. The Morgan fingerprint density at radius 1 is 1.32 bits per heavy atom. The highest BCUT2D eigenvalue weighted by Crippen LogP contribution is 2.49. The Balaban J connectivity index is 0.00000176. The lowest BCUT2D eigenvalue weighted by Gasteiger charge is -2.41. The van der Waals surface area contributed by atoms with Crippen LogP contribution in [0.4, 0.5) is 0 Å². The molecule has 122 valence electrons. The summed E-state index contributed by atoms with van der Waals surface area (Å²) in [6, 6.07) is 2.01. The van der Waals surface area contributed by atoms with Crippen LogP contribution in [0.1, 0.15) is 34.7 Å². The standard InChI is InChI=1S/C16H20BrNO3.ClH/c1-18-5-4-9-6-12(19)14-10(11(9)8-18)7-13(20-2)15(17)16(14)21-3;/h7,9,11H,4-6,8H2,1-3H3;1H/t9-,11+;/m0./s1. The van der Waals surface area contributed by atoms with Crippen LogP contribution in [-0.2, 0) is 0 Å². The van der Waals surface area contributed by atoms with Crippen molar-refractivity contribution >= 4 is 34.1 Å². The van der Waals surface area contributed by atoms with Crippen LogP contribution in [0.2, 0.25) is 0 Å². The van der Waals surface area contributed by atoms with E-state index in [0.717, 1.165) is 40.9 Å². The van der Waals surface area contributed by atoms with Gasteiger partial charge in [-0.05, 0) is 53.5 Å². The van der Waals surface area contributed by atoms with Crippen LogP contribution in [0, 0.1) is 5.92 Å². The van der Waals surface area contributed by atoms with Crippen molar-refractivity contribution in [2.45, 2.75) is 18.8 Å². The van der Waals surface area contributed by atoms with Gasteiger partial charge in [-0.2, -0.15) is 0 Å². The molecule has 2 atom stereocenters. The van der Waals surface area contributed by atoms with Crippen LogP contribution in [0.3, 0.4) is 0 Å². The third-order valence-corrected chi connectivity index (χ3v) is 5.48. The van der Waals surface area contributed by atoms with Crippen LogP contribution in [0.5, 0.6) is 11.5 Å². The fraction of sp³-hybridized carbons (Fsp3) is 0.562. The number of hydrogen-bond acceptors (Lipinski definition) is 4. The molecular formula is C16H21BrClNO3. The van der Waals surface area contributed by atoms with Crippen LogP contribution >= 0.6 is 28.3 Å². The topological polar surface area (TPSA) is 38.8 Å². The minimum atomic E-state index is 0. The zero-order valence-corrected chi connectivity index (χ0v) is 15.4. The Bertz CT molecular complexity index is 593. The number of likely N-dealkylation sites (N-methyl/N-ethyl adjacent to an activating group) is 1. The number of carbonyl (C=O) groups excluding carboxylic acids is 1. The number of rotatable bonds is 2. The lowest BCUT2D eigenvalue weighted by Crippen LogP contribution is -2.40. The van der Waals surface area contributed by atoms with E-state index >= 15 is 0 Å².